The molecule has 1 aromatic carbocycles. The number of amides is 1. The molecule has 1 aromatic heterocycles. The average Bonchev–Trinajstić information content (AvgIpc) is 2.44. The fourth-order valence-electron chi connectivity index (χ4n) is 1.42. The zero-order valence-electron chi connectivity index (χ0n) is 8.38. The largest absolute Gasteiger partial charge is 0.326 e. The summed E-state index contributed by atoms with van der Waals surface area (Å²) in [6, 6.07) is 3.67. The van der Waals surface area contributed by atoms with E-state index in [0.717, 1.165) is 21.5 Å². The van der Waals surface area contributed by atoms with Gasteiger partial charge in [-0.25, -0.2) is 0 Å². The standard InChI is InChI=1S/C10H10N2O2S/c1-5-3-9-8(12-10(14)15-9)4-7(5)11-6(2)13/h3-4H,1-2H3,(H,11,13)(H,12,14). The number of rotatable bonds is 1. The van der Waals surface area contributed by atoms with Crippen molar-refractivity contribution in [3.63, 3.8) is 0 Å². The summed E-state index contributed by atoms with van der Waals surface area (Å²) in [6.07, 6.45) is 0. The number of fused-ring (bicyclic) bond motifs is 1. The van der Waals surface area contributed by atoms with Gasteiger partial charge in [-0.15, -0.1) is 0 Å². The third kappa shape index (κ3) is 1.92. The first kappa shape index (κ1) is 9.92. The zero-order chi connectivity index (χ0) is 11.0. The van der Waals surface area contributed by atoms with Crippen LogP contribution in [0.25, 0.3) is 10.2 Å². The van der Waals surface area contributed by atoms with Crippen molar-refractivity contribution in [3.8, 4) is 0 Å². The van der Waals surface area contributed by atoms with Gasteiger partial charge < -0.3 is 10.3 Å². The molecular formula is C10H10N2O2S. The first-order chi connectivity index (χ1) is 7.06. The van der Waals surface area contributed by atoms with E-state index >= 15 is 0 Å². The molecule has 0 unspecified atom stereocenters. The maximum Gasteiger partial charge on any atom is 0.305 e. The summed E-state index contributed by atoms with van der Waals surface area (Å²) in [5.74, 6) is -0.116. The van der Waals surface area contributed by atoms with Gasteiger partial charge in [0.05, 0.1) is 10.2 Å². The Morgan fingerprint density at radius 2 is 2.20 bits per heavy atom. The zero-order valence-corrected chi connectivity index (χ0v) is 9.20. The van der Waals surface area contributed by atoms with E-state index in [0.29, 0.717) is 0 Å². The maximum atomic E-state index is 11.1. The Labute approximate surface area is 89.9 Å². The van der Waals surface area contributed by atoms with Crippen molar-refractivity contribution in [1.82, 2.24) is 4.98 Å². The van der Waals surface area contributed by atoms with Crippen LogP contribution >= 0.6 is 11.3 Å². The van der Waals surface area contributed by atoms with Crippen LogP contribution in [-0.4, -0.2) is 10.9 Å². The highest BCUT2D eigenvalue weighted by atomic mass is 32.1. The number of aromatic amines is 1. The van der Waals surface area contributed by atoms with Gasteiger partial charge in [0.25, 0.3) is 0 Å². The van der Waals surface area contributed by atoms with Crippen LogP contribution in [0.4, 0.5) is 5.69 Å². The van der Waals surface area contributed by atoms with E-state index < -0.39 is 0 Å². The third-order valence-corrected chi connectivity index (χ3v) is 2.92. The normalized spacial score (nSPS) is 10.5. The number of aromatic nitrogens is 1. The average molecular weight is 222 g/mol. The molecule has 2 rings (SSSR count). The Morgan fingerprint density at radius 1 is 1.47 bits per heavy atom. The van der Waals surface area contributed by atoms with Crippen LogP contribution in [0.2, 0.25) is 0 Å². The van der Waals surface area contributed by atoms with Gasteiger partial charge in [-0.2, -0.15) is 0 Å². The van der Waals surface area contributed by atoms with E-state index in [4.69, 9.17) is 0 Å². The number of aryl methyl sites for hydroxylation is 1. The highest BCUT2D eigenvalue weighted by molar-refractivity contribution is 7.16. The van der Waals surface area contributed by atoms with E-state index in [9.17, 15) is 9.59 Å². The second-order valence-electron chi connectivity index (χ2n) is 3.36. The van der Waals surface area contributed by atoms with Crippen molar-refractivity contribution in [1.29, 1.82) is 0 Å². The van der Waals surface area contributed by atoms with Crippen molar-refractivity contribution in [3.05, 3.63) is 27.4 Å². The Kier molecular flexibility index (Phi) is 2.32. The van der Waals surface area contributed by atoms with Crippen LogP contribution < -0.4 is 10.2 Å². The molecule has 0 saturated carbocycles. The summed E-state index contributed by atoms with van der Waals surface area (Å²) >= 11 is 1.17. The molecule has 0 aliphatic rings. The van der Waals surface area contributed by atoms with Crippen LogP contribution in [0.1, 0.15) is 12.5 Å². The number of carbonyl (C=O) groups excluding carboxylic acids is 1. The Hall–Kier alpha value is -1.62. The van der Waals surface area contributed by atoms with Crippen LogP contribution in [0, 0.1) is 6.92 Å². The van der Waals surface area contributed by atoms with Crippen LogP contribution in [0.15, 0.2) is 16.9 Å². The summed E-state index contributed by atoms with van der Waals surface area (Å²) in [6.45, 7) is 3.36. The molecule has 1 amide bonds. The quantitative estimate of drug-likeness (QED) is 0.773. The van der Waals surface area contributed by atoms with E-state index in [2.05, 4.69) is 10.3 Å². The monoisotopic (exact) mass is 222 g/mol. The third-order valence-electron chi connectivity index (χ3n) is 2.08. The van der Waals surface area contributed by atoms with Crippen molar-refractivity contribution in [2.24, 2.45) is 0 Å². The van der Waals surface area contributed by atoms with Crippen molar-refractivity contribution in [2.75, 3.05) is 5.32 Å². The molecule has 0 aliphatic carbocycles. The minimum atomic E-state index is -0.116. The van der Waals surface area contributed by atoms with Crippen LogP contribution in [0.5, 0.6) is 0 Å². The Morgan fingerprint density at radius 3 is 2.87 bits per heavy atom. The van der Waals surface area contributed by atoms with Crippen LogP contribution in [0.3, 0.4) is 0 Å². The van der Waals surface area contributed by atoms with E-state index in [-0.39, 0.29) is 10.8 Å². The van der Waals surface area contributed by atoms with Gasteiger partial charge in [-0.05, 0) is 24.6 Å². The highest BCUT2D eigenvalue weighted by Crippen LogP contribution is 2.23. The summed E-state index contributed by atoms with van der Waals surface area (Å²) < 4.78 is 0.909. The molecule has 0 saturated heterocycles. The fourth-order valence-corrected chi connectivity index (χ4v) is 2.24. The summed E-state index contributed by atoms with van der Waals surface area (Å²) in [7, 11) is 0. The molecule has 0 fully saturated rings. The van der Waals surface area contributed by atoms with E-state index in [1.165, 1.54) is 18.3 Å². The van der Waals surface area contributed by atoms with Crippen LogP contribution in [-0.2, 0) is 4.79 Å². The van der Waals surface area contributed by atoms with Gasteiger partial charge in [0.15, 0.2) is 0 Å². The number of benzene rings is 1. The minimum Gasteiger partial charge on any atom is -0.326 e. The topological polar surface area (TPSA) is 62.0 Å². The van der Waals surface area contributed by atoms with E-state index in [1.54, 1.807) is 6.07 Å². The van der Waals surface area contributed by atoms with Crippen molar-refractivity contribution in [2.45, 2.75) is 13.8 Å². The van der Waals surface area contributed by atoms with Gasteiger partial charge in [0.2, 0.25) is 5.91 Å². The lowest BCUT2D eigenvalue weighted by Gasteiger charge is -2.05. The Bertz CT molecular complexity index is 583. The smallest absolute Gasteiger partial charge is 0.305 e. The van der Waals surface area contributed by atoms with Crippen molar-refractivity contribution < 1.29 is 4.79 Å². The second-order valence-corrected chi connectivity index (χ2v) is 4.37. The predicted molar refractivity (Wildman–Crippen MR) is 61.5 cm³/mol. The molecule has 15 heavy (non-hydrogen) atoms. The van der Waals surface area contributed by atoms with Gasteiger partial charge in [-0.3, -0.25) is 9.59 Å². The molecule has 1 heterocycles. The van der Waals surface area contributed by atoms with Gasteiger partial charge in [0.1, 0.15) is 0 Å². The number of thiazole rings is 1. The maximum absolute atomic E-state index is 11.1. The SMILES string of the molecule is CC(=O)Nc1cc2[nH]c(=O)sc2cc1C. The summed E-state index contributed by atoms with van der Waals surface area (Å²) in [4.78, 5) is 24.7. The number of nitrogens with one attached hydrogen (secondary N) is 2. The molecule has 0 atom stereocenters. The molecule has 5 heteroatoms. The van der Waals surface area contributed by atoms with E-state index in [1.807, 2.05) is 13.0 Å². The molecule has 4 nitrogen and oxygen atoms in total. The molecule has 2 N–H and O–H groups in total. The lowest BCUT2D eigenvalue weighted by Crippen LogP contribution is -2.06. The van der Waals surface area contributed by atoms with Gasteiger partial charge in [0, 0.05) is 12.6 Å². The highest BCUT2D eigenvalue weighted by Gasteiger charge is 2.05. The molecule has 0 bridgehead atoms. The number of anilines is 1. The second kappa shape index (κ2) is 3.51. The summed E-state index contributed by atoms with van der Waals surface area (Å²) in [5.41, 5.74) is 2.45. The van der Waals surface area contributed by atoms with Gasteiger partial charge >= 0.3 is 4.87 Å². The lowest BCUT2D eigenvalue weighted by molar-refractivity contribution is -0.114. The lowest BCUT2D eigenvalue weighted by atomic mass is 10.2. The molecule has 0 aliphatic heterocycles. The number of hydrogen-bond donors (Lipinski definition) is 2. The fraction of sp³-hybridized carbons (Fsp3) is 0.200. The number of H-pyrrole nitrogens is 1. The minimum absolute atomic E-state index is 0.0793. The number of hydrogen-bond acceptors (Lipinski definition) is 3. The predicted octanol–water partition coefficient (Wildman–Crippen LogP) is 1.86. The molecule has 0 radical (unpaired) electrons. The first-order valence-electron chi connectivity index (χ1n) is 4.47. The molecule has 2 aromatic rings. The number of carbonyl (C=O) groups is 1. The van der Waals surface area contributed by atoms with Gasteiger partial charge in [-0.1, -0.05) is 11.3 Å². The Balaban J connectivity index is 2.60. The molecular weight excluding hydrogens is 212 g/mol. The summed E-state index contributed by atoms with van der Waals surface area (Å²) in [5, 5.41) is 2.72. The molecule has 0 spiro atoms. The first-order valence-corrected chi connectivity index (χ1v) is 5.29. The molecule has 78 valence electrons. The van der Waals surface area contributed by atoms with Crippen molar-refractivity contribution >= 4 is 33.1 Å².